The van der Waals surface area contributed by atoms with Gasteiger partial charge in [-0.2, -0.15) is 0 Å². The monoisotopic (exact) mass is 269 g/mol. The van der Waals surface area contributed by atoms with Crippen molar-refractivity contribution in [3.8, 4) is 0 Å². The Bertz CT molecular complexity index is 165. The van der Waals surface area contributed by atoms with Crippen LogP contribution in [0.1, 0.15) is 98.3 Å². The van der Waals surface area contributed by atoms with Crippen molar-refractivity contribution in [1.82, 2.24) is 5.32 Å². The molecule has 0 radical (unpaired) electrons. The molecule has 1 unspecified atom stereocenters. The van der Waals surface area contributed by atoms with E-state index in [0.717, 1.165) is 12.0 Å². The molecule has 1 nitrogen and oxygen atoms in total. The molecule has 0 aromatic rings. The highest BCUT2D eigenvalue weighted by Gasteiger charge is 2.07. The van der Waals surface area contributed by atoms with Gasteiger partial charge in [0.25, 0.3) is 0 Å². The summed E-state index contributed by atoms with van der Waals surface area (Å²) in [7, 11) is 0. The summed E-state index contributed by atoms with van der Waals surface area (Å²) in [6.45, 7) is 10.4. The summed E-state index contributed by atoms with van der Waals surface area (Å²) in [5.74, 6) is 0.862. The van der Waals surface area contributed by atoms with E-state index in [-0.39, 0.29) is 0 Å². The summed E-state index contributed by atoms with van der Waals surface area (Å²) in [5.41, 5.74) is 0. The number of unbranched alkanes of at least 4 members (excludes halogenated alkanes) is 5. The summed E-state index contributed by atoms with van der Waals surface area (Å²) in [4.78, 5) is 0. The van der Waals surface area contributed by atoms with E-state index >= 15 is 0 Å². The molecule has 0 aliphatic carbocycles. The lowest BCUT2D eigenvalue weighted by molar-refractivity contribution is 0.402. The maximum Gasteiger partial charge on any atom is 0.00670 e. The second-order valence-electron chi connectivity index (χ2n) is 6.53. The van der Waals surface area contributed by atoms with Crippen LogP contribution in [0, 0.1) is 5.92 Å². The highest BCUT2D eigenvalue weighted by molar-refractivity contribution is 4.67. The largest absolute Gasteiger partial charge is 0.314 e. The van der Waals surface area contributed by atoms with Crippen LogP contribution in [0.4, 0.5) is 0 Å². The molecule has 0 heterocycles. The van der Waals surface area contributed by atoms with Gasteiger partial charge >= 0.3 is 0 Å². The molecule has 0 aromatic carbocycles. The van der Waals surface area contributed by atoms with Gasteiger partial charge in [0, 0.05) is 6.04 Å². The third kappa shape index (κ3) is 14.2. The van der Waals surface area contributed by atoms with Crippen LogP contribution in [0.3, 0.4) is 0 Å². The van der Waals surface area contributed by atoms with E-state index in [1.54, 1.807) is 0 Å². The van der Waals surface area contributed by atoms with Crippen LogP contribution in [0.15, 0.2) is 0 Å². The highest BCUT2D eigenvalue weighted by Crippen LogP contribution is 2.14. The molecule has 0 fully saturated rings. The van der Waals surface area contributed by atoms with Crippen molar-refractivity contribution in [3.63, 3.8) is 0 Å². The van der Waals surface area contributed by atoms with Gasteiger partial charge in [-0.25, -0.2) is 0 Å². The van der Waals surface area contributed by atoms with Crippen molar-refractivity contribution in [2.45, 2.75) is 104 Å². The zero-order valence-electron chi connectivity index (χ0n) is 14.1. The molecule has 1 N–H and O–H groups in total. The SMILES string of the molecule is CCCCCCCCC(CCCC(C)C)NCCC. The lowest BCUT2D eigenvalue weighted by atomic mass is 9.98. The molecule has 0 saturated carbocycles. The Balaban J connectivity index is 3.61. The lowest BCUT2D eigenvalue weighted by Crippen LogP contribution is -2.29. The minimum atomic E-state index is 0.782. The van der Waals surface area contributed by atoms with Crippen molar-refractivity contribution in [2.24, 2.45) is 5.92 Å². The summed E-state index contributed by atoms with van der Waals surface area (Å²) in [6.07, 6.45) is 15.4. The molecule has 1 heteroatoms. The molecule has 0 aromatic heterocycles. The number of rotatable bonds is 14. The average Bonchev–Trinajstić information content (AvgIpc) is 2.38. The Morgan fingerprint density at radius 2 is 1.32 bits per heavy atom. The number of nitrogens with one attached hydrogen (secondary N) is 1. The van der Waals surface area contributed by atoms with Crippen LogP contribution in [0.2, 0.25) is 0 Å². The minimum absolute atomic E-state index is 0.782. The first-order chi connectivity index (χ1) is 9.20. The molecule has 0 bridgehead atoms. The van der Waals surface area contributed by atoms with Gasteiger partial charge in [-0.05, 0) is 31.7 Å². The van der Waals surface area contributed by atoms with Gasteiger partial charge < -0.3 is 5.32 Å². The third-order valence-corrected chi connectivity index (χ3v) is 3.92. The fraction of sp³-hybridized carbons (Fsp3) is 1.00. The Morgan fingerprint density at radius 1 is 0.684 bits per heavy atom. The smallest absolute Gasteiger partial charge is 0.00670 e. The van der Waals surface area contributed by atoms with Crippen LogP contribution in [0.5, 0.6) is 0 Å². The number of hydrogen-bond acceptors (Lipinski definition) is 1. The van der Waals surface area contributed by atoms with Gasteiger partial charge in [-0.15, -0.1) is 0 Å². The molecule has 0 spiro atoms. The van der Waals surface area contributed by atoms with Gasteiger partial charge in [-0.3, -0.25) is 0 Å². The van der Waals surface area contributed by atoms with E-state index < -0.39 is 0 Å². The fourth-order valence-electron chi connectivity index (χ4n) is 2.64. The van der Waals surface area contributed by atoms with E-state index in [9.17, 15) is 0 Å². The van der Waals surface area contributed by atoms with Crippen molar-refractivity contribution in [2.75, 3.05) is 6.54 Å². The minimum Gasteiger partial charge on any atom is -0.314 e. The summed E-state index contributed by atoms with van der Waals surface area (Å²) in [5, 5.41) is 3.75. The first kappa shape index (κ1) is 19.0. The second kappa shape index (κ2) is 14.4. The van der Waals surface area contributed by atoms with Gasteiger partial charge in [0.05, 0.1) is 0 Å². The van der Waals surface area contributed by atoms with Crippen molar-refractivity contribution in [3.05, 3.63) is 0 Å². The maximum atomic E-state index is 3.75. The molecule has 1 atom stereocenters. The molecule has 0 rings (SSSR count). The van der Waals surface area contributed by atoms with Gasteiger partial charge in [0.15, 0.2) is 0 Å². The zero-order chi connectivity index (χ0) is 14.3. The highest BCUT2D eigenvalue weighted by atomic mass is 14.9. The van der Waals surface area contributed by atoms with Crippen molar-refractivity contribution < 1.29 is 0 Å². The Morgan fingerprint density at radius 3 is 1.95 bits per heavy atom. The van der Waals surface area contributed by atoms with E-state index in [0.29, 0.717) is 0 Å². The summed E-state index contributed by atoms with van der Waals surface area (Å²) < 4.78 is 0. The predicted octanol–water partition coefficient (Wildman–Crippen LogP) is 5.93. The second-order valence-corrected chi connectivity index (χ2v) is 6.53. The third-order valence-electron chi connectivity index (χ3n) is 3.92. The van der Waals surface area contributed by atoms with Gasteiger partial charge in [-0.1, -0.05) is 79.1 Å². The summed E-state index contributed by atoms with van der Waals surface area (Å²) >= 11 is 0. The van der Waals surface area contributed by atoms with Crippen molar-refractivity contribution in [1.29, 1.82) is 0 Å². The Hall–Kier alpha value is -0.0400. The summed E-state index contributed by atoms with van der Waals surface area (Å²) in [6, 6.07) is 0.782. The normalized spacial score (nSPS) is 13.1. The number of hydrogen-bond donors (Lipinski definition) is 1. The molecule has 19 heavy (non-hydrogen) atoms. The van der Waals surface area contributed by atoms with E-state index in [1.807, 2.05) is 0 Å². The topological polar surface area (TPSA) is 12.0 Å². The van der Waals surface area contributed by atoms with Crippen LogP contribution in [-0.2, 0) is 0 Å². The molecule has 116 valence electrons. The van der Waals surface area contributed by atoms with E-state index in [4.69, 9.17) is 0 Å². The van der Waals surface area contributed by atoms with Crippen LogP contribution >= 0.6 is 0 Å². The van der Waals surface area contributed by atoms with E-state index in [1.165, 1.54) is 77.2 Å². The van der Waals surface area contributed by atoms with Crippen LogP contribution < -0.4 is 5.32 Å². The maximum absolute atomic E-state index is 3.75. The predicted molar refractivity (Wildman–Crippen MR) is 88.8 cm³/mol. The van der Waals surface area contributed by atoms with Gasteiger partial charge in [0.1, 0.15) is 0 Å². The molecule has 0 amide bonds. The van der Waals surface area contributed by atoms with E-state index in [2.05, 4.69) is 33.0 Å². The molecular weight excluding hydrogens is 230 g/mol. The van der Waals surface area contributed by atoms with Crippen LogP contribution in [0.25, 0.3) is 0 Å². The Kier molecular flexibility index (Phi) is 14.3. The zero-order valence-corrected chi connectivity index (χ0v) is 14.1. The lowest BCUT2D eigenvalue weighted by Gasteiger charge is -2.19. The Labute approximate surface area is 122 Å². The fourth-order valence-corrected chi connectivity index (χ4v) is 2.64. The molecular formula is C18H39N. The quantitative estimate of drug-likeness (QED) is 0.385. The van der Waals surface area contributed by atoms with Crippen molar-refractivity contribution >= 4 is 0 Å². The van der Waals surface area contributed by atoms with Gasteiger partial charge in [0.2, 0.25) is 0 Å². The molecule has 0 aliphatic heterocycles. The molecule has 0 aliphatic rings. The standard InChI is InChI=1S/C18H39N/c1-5-7-8-9-10-11-14-18(19-16-6-2)15-12-13-17(3)4/h17-19H,5-16H2,1-4H3. The first-order valence-electron chi connectivity index (χ1n) is 8.94. The van der Waals surface area contributed by atoms with Crippen LogP contribution in [-0.4, -0.2) is 12.6 Å². The molecule has 0 saturated heterocycles. The average molecular weight is 270 g/mol. The first-order valence-corrected chi connectivity index (χ1v) is 8.94.